The van der Waals surface area contributed by atoms with Crippen molar-refractivity contribution in [2.75, 3.05) is 7.05 Å². The second-order valence-electron chi connectivity index (χ2n) is 4.79. The predicted octanol–water partition coefficient (Wildman–Crippen LogP) is 0.762. The van der Waals surface area contributed by atoms with Crippen LogP contribution >= 0.6 is 0 Å². The van der Waals surface area contributed by atoms with Crippen molar-refractivity contribution < 1.29 is 10.1 Å². The second kappa shape index (κ2) is 5.32. The molecule has 3 N–H and O–H groups in total. The van der Waals surface area contributed by atoms with E-state index in [-0.39, 0.29) is 11.9 Å². The van der Waals surface area contributed by atoms with Gasteiger partial charge in [0.2, 0.25) is 0 Å². The van der Waals surface area contributed by atoms with E-state index >= 15 is 0 Å². The summed E-state index contributed by atoms with van der Waals surface area (Å²) in [5.41, 5.74) is 2.86. The Morgan fingerprint density at radius 3 is 3.00 bits per heavy atom. The normalized spacial score (nSPS) is 20.5. The summed E-state index contributed by atoms with van der Waals surface area (Å²) in [7, 11) is 1.70. The van der Waals surface area contributed by atoms with Crippen molar-refractivity contribution in [2.45, 2.75) is 38.3 Å². The maximum Gasteiger partial charge on any atom is 0.277 e. The van der Waals surface area contributed by atoms with Crippen molar-refractivity contribution in [3.63, 3.8) is 0 Å². The van der Waals surface area contributed by atoms with E-state index in [9.17, 15) is 4.79 Å². The van der Waals surface area contributed by atoms with Gasteiger partial charge < -0.3 is 10.6 Å². The lowest BCUT2D eigenvalue weighted by atomic mass is 9.87. The Morgan fingerprint density at radius 1 is 1.47 bits per heavy atom. The number of nitrogens with two attached hydrogens (primary N) is 1. The SMILES string of the molecule is CNC(=O)[C@H](C)[NH2+][C@@H]1CCCc2ccccc21. The van der Waals surface area contributed by atoms with Crippen molar-refractivity contribution >= 4 is 5.91 Å². The van der Waals surface area contributed by atoms with E-state index < -0.39 is 0 Å². The van der Waals surface area contributed by atoms with Crippen LogP contribution in [0.15, 0.2) is 24.3 Å². The lowest BCUT2D eigenvalue weighted by Gasteiger charge is -2.25. The van der Waals surface area contributed by atoms with Crippen LogP contribution in [-0.4, -0.2) is 19.0 Å². The minimum Gasteiger partial charge on any atom is -0.354 e. The van der Waals surface area contributed by atoms with Crippen LogP contribution in [0.1, 0.15) is 36.9 Å². The van der Waals surface area contributed by atoms with Crippen LogP contribution in [0, 0.1) is 0 Å². The summed E-state index contributed by atoms with van der Waals surface area (Å²) in [6.45, 7) is 1.97. The highest BCUT2D eigenvalue weighted by molar-refractivity contribution is 5.79. The summed E-state index contributed by atoms with van der Waals surface area (Å²) in [4.78, 5) is 11.6. The molecule has 17 heavy (non-hydrogen) atoms. The number of nitrogens with one attached hydrogen (secondary N) is 1. The van der Waals surface area contributed by atoms with Gasteiger partial charge in [0.1, 0.15) is 6.04 Å². The molecule has 0 radical (unpaired) electrons. The molecule has 0 bridgehead atoms. The highest BCUT2D eigenvalue weighted by Crippen LogP contribution is 2.26. The summed E-state index contributed by atoms with van der Waals surface area (Å²) in [5.74, 6) is 0.105. The second-order valence-corrected chi connectivity index (χ2v) is 4.79. The summed E-state index contributed by atoms with van der Waals surface area (Å²) in [6.07, 6.45) is 3.56. The number of hydrogen-bond acceptors (Lipinski definition) is 1. The number of quaternary nitrogens is 1. The number of amides is 1. The smallest absolute Gasteiger partial charge is 0.277 e. The molecule has 92 valence electrons. The van der Waals surface area contributed by atoms with Crippen molar-refractivity contribution in [1.82, 2.24) is 5.32 Å². The van der Waals surface area contributed by atoms with Crippen LogP contribution < -0.4 is 10.6 Å². The fraction of sp³-hybridized carbons (Fsp3) is 0.500. The molecule has 0 fully saturated rings. The van der Waals surface area contributed by atoms with Gasteiger partial charge in [-0.3, -0.25) is 4.79 Å². The molecule has 2 rings (SSSR count). The first-order chi connectivity index (χ1) is 8.22. The molecule has 0 saturated heterocycles. The highest BCUT2D eigenvalue weighted by atomic mass is 16.2. The van der Waals surface area contributed by atoms with Gasteiger partial charge in [0.15, 0.2) is 6.04 Å². The number of fused-ring (bicyclic) bond motifs is 1. The minimum absolute atomic E-state index is 0.0174. The first-order valence-electron chi connectivity index (χ1n) is 6.36. The molecule has 1 aliphatic carbocycles. The van der Waals surface area contributed by atoms with E-state index in [4.69, 9.17) is 0 Å². The van der Waals surface area contributed by atoms with Gasteiger partial charge in [-0.25, -0.2) is 0 Å². The Morgan fingerprint density at radius 2 is 2.24 bits per heavy atom. The van der Waals surface area contributed by atoms with E-state index in [0.717, 1.165) is 0 Å². The third-order valence-electron chi connectivity index (χ3n) is 3.60. The summed E-state index contributed by atoms with van der Waals surface area (Å²) >= 11 is 0. The maximum atomic E-state index is 11.6. The summed E-state index contributed by atoms with van der Waals surface area (Å²) in [5, 5.41) is 4.90. The number of rotatable bonds is 3. The zero-order valence-corrected chi connectivity index (χ0v) is 10.6. The number of benzene rings is 1. The van der Waals surface area contributed by atoms with Crippen molar-refractivity contribution in [1.29, 1.82) is 0 Å². The molecule has 0 saturated carbocycles. The molecule has 1 aromatic rings. The fourth-order valence-corrected chi connectivity index (χ4v) is 2.65. The quantitative estimate of drug-likeness (QED) is 0.795. The Labute approximate surface area is 103 Å². The first kappa shape index (κ1) is 12.1. The van der Waals surface area contributed by atoms with Gasteiger partial charge >= 0.3 is 0 Å². The lowest BCUT2D eigenvalue weighted by molar-refractivity contribution is -0.714. The number of carbonyl (C=O) groups excluding carboxylic acids is 1. The van der Waals surface area contributed by atoms with Crippen LogP contribution in [0.4, 0.5) is 0 Å². The molecule has 1 amide bonds. The van der Waals surface area contributed by atoms with E-state index in [0.29, 0.717) is 6.04 Å². The largest absolute Gasteiger partial charge is 0.354 e. The van der Waals surface area contributed by atoms with E-state index in [2.05, 4.69) is 34.9 Å². The molecule has 3 nitrogen and oxygen atoms in total. The zero-order chi connectivity index (χ0) is 12.3. The molecule has 0 aliphatic heterocycles. The van der Waals surface area contributed by atoms with Crippen LogP contribution in [0.5, 0.6) is 0 Å². The highest BCUT2D eigenvalue weighted by Gasteiger charge is 2.26. The van der Waals surface area contributed by atoms with Gasteiger partial charge in [0.25, 0.3) is 5.91 Å². The van der Waals surface area contributed by atoms with Crippen LogP contribution in [-0.2, 0) is 11.2 Å². The van der Waals surface area contributed by atoms with E-state index in [1.807, 2.05) is 6.92 Å². The van der Waals surface area contributed by atoms with Gasteiger partial charge in [-0.05, 0) is 25.3 Å². The number of aryl methyl sites for hydroxylation is 1. The first-order valence-corrected chi connectivity index (χ1v) is 6.36. The zero-order valence-electron chi connectivity index (χ0n) is 10.6. The molecule has 0 unspecified atom stereocenters. The molecule has 1 aliphatic rings. The third-order valence-corrected chi connectivity index (χ3v) is 3.60. The molecule has 3 heteroatoms. The minimum atomic E-state index is -0.0174. The van der Waals surface area contributed by atoms with E-state index in [1.165, 1.54) is 30.4 Å². The van der Waals surface area contributed by atoms with Crippen LogP contribution in [0.3, 0.4) is 0 Å². The number of hydrogen-bond donors (Lipinski definition) is 2. The van der Waals surface area contributed by atoms with Crippen LogP contribution in [0.25, 0.3) is 0 Å². The van der Waals surface area contributed by atoms with Crippen molar-refractivity contribution in [2.24, 2.45) is 0 Å². The van der Waals surface area contributed by atoms with Gasteiger partial charge in [-0.2, -0.15) is 0 Å². The summed E-state index contributed by atoms with van der Waals surface area (Å²) < 4.78 is 0. The predicted molar refractivity (Wildman–Crippen MR) is 67.6 cm³/mol. The molecule has 1 aromatic carbocycles. The van der Waals surface area contributed by atoms with Gasteiger partial charge in [0, 0.05) is 19.0 Å². The third kappa shape index (κ3) is 2.67. The Bertz CT molecular complexity index is 403. The average molecular weight is 233 g/mol. The lowest BCUT2D eigenvalue weighted by Crippen LogP contribution is -2.92. The van der Waals surface area contributed by atoms with Crippen molar-refractivity contribution in [3.05, 3.63) is 35.4 Å². The van der Waals surface area contributed by atoms with Gasteiger partial charge in [0.05, 0.1) is 0 Å². The Kier molecular flexibility index (Phi) is 3.79. The fourth-order valence-electron chi connectivity index (χ4n) is 2.65. The van der Waals surface area contributed by atoms with Crippen molar-refractivity contribution in [3.8, 4) is 0 Å². The summed E-state index contributed by atoms with van der Waals surface area (Å²) in [6, 6.07) is 9.02. The Hall–Kier alpha value is -1.35. The molecule has 2 atom stereocenters. The van der Waals surface area contributed by atoms with Crippen LogP contribution in [0.2, 0.25) is 0 Å². The molecular weight excluding hydrogens is 212 g/mol. The standard InChI is InChI=1S/C14H20N2O/c1-10(14(17)15-2)16-13-9-5-7-11-6-3-4-8-12(11)13/h3-4,6,8,10,13,16H,5,7,9H2,1-2H3,(H,15,17)/p+1/t10-,13+/m0/s1. The maximum absolute atomic E-state index is 11.6. The number of likely N-dealkylation sites (N-methyl/N-ethyl adjacent to an activating group) is 1. The number of carbonyl (C=O) groups is 1. The molecule has 0 aromatic heterocycles. The molecule has 0 spiro atoms. The van der Waals surface area contributed by atoms with Gasteiger partial charge in [-0.1, -0.05) is 24.3 Å². The Balaban J connectivity index is 2.11. The van der Waals surface area contributed by atoms with E-state index in [1.54, 1.807) is 7.05 Å². The molecular formula is C14H21N2O+. The molecule has 0 heterocycles. The van der Waals surface area contributed by atoms with Gasteiger partial charge in [-0.15, -0.1) is 0 Å². The average Bonchev–Trinajstić information content (AvgIpc) is 2.38. The monoisotopic (exact) mass is 233 g/mol. The topological polar surface area (TPSA) is 45.7 Å².